The third kappa shape index (κ3) is 45.0. The normalized spacial score (nSPS) is 7.04. The first kappa shape index (κ1) is 32.8. The van der Waals surface area contributed by atoms with Crippen molar-refractivity contribution in [3.8, 4) is 0 Å². The van der Waals surface area contributed by atoms with E-state index in [1.807, 2.05) is 0 Å². The van der Waals surface area contributed by atoms with Gasteiger partial charge in [0.1, 0.15) is 0 Å². The van der Waals surface area contributed by atoms with Gasteiger partial charge in [0.05, 0.1) is 0 Å². The van der Waals surface area contributed by atoms with E-state index in [9.17, 15) is 0 Å². The summed E-state index contributed by atoms with van der Waals surface area (Å²) in [5.74, 6) is -14.6. The number of hydrogen-bond acceptors (Lipinski definition) is 8. The van der Waals surface area contributed by atoms with E-state index in [0.29, 0.717) is 0 Å². The standard InChI is InChI=1S/4C2H2O4.H4Si/c4*3-1(4)2(5)6;/h4*(H,3,4)(H,5,6);1H4. The van der Waals surface area contributed by atoms with Gasteiger partial charge in [0.25, 0.3) is 0 Å². The largest absolute Gasteiger partial charge is 0.473 e. The molecule has 0 unspecified atom stereocenters. The highest BCUT2D eigenvalue weighted by Crippen LogP contribution is 1.57. The summed E-state index contributed by atoms with van der Waals surface area (Å²) in [5, 5.41) is 59.1. The summed E-state index contributed by atoms with van der Waals surface area (Å²) in [6.07, 6.45) is 0. The maximum Gasteiger partial charge on any atom is 0.414 e. The van der Waals surface area contributed by atoms with Crippen LogP contribution in [-0.2, 0) is 38.4 Å². The van der Waals surface area contributed by atoms with E-state index >= 15 is 0 Å². The molecule has 144 valence electrons. The molecule has 0 atom stereocenters. The van der Waals surface area contributed by atoms with Crippen LogP contribution in [0.1, 0.15) is 0 Å². The van der Waals surface area contributed by atoms with Gasteiger partial charge in [-0.15, -0.1) is 0 Å². The molecule has 0 radical (unpaired) electrons. The molecule has 8 N–H and O–H groups in total. The van der Waals surface area contributed by atoms with Crippen molar-refractivity contribution in [1.82, 2.24) is 0 Å². The first-order valence-electron chi connectivity index (χ1n) is 4.42. The number of aliphatic carboxylic acids is 8. The van der Waals surface area contributed by atoms with Gasteiger partial charge in [-0.1, -0.05) is 0 Å². The molecule has 0 spiro atoms. The number of rotatable bonds is 0. The van der Waals surface area contributed by atoms with E-state index in [1.165, 1.54) is 0 Å². The lowest BCUT2D eigenvalue weighted by Crippen LogP contribution is -2.09. The molecule has 0 bridgehead atoms. The van der Waals surface area contributed by atoms with Crippen molar-refractivity contribution < 1.29 is 79.2 Å². The van der Waals surface area contributed by atoms with Crippen LogP contribution in [-0.4, -0.2) is 99.6 Å². The lowest BCUT2D eigenvalue weighted by atomic mass is 10.7. The van der Waals surface area contributed by atoms with Gasteiger partial charge in [0.15, 0.2) is 0 Å². The Morgan fingerprint density at radius 1 is 0.280 bits per heavy atom. The van der Waals surface area contributed by atoms with Crippen molar-refractivity contribution in [3.05, 3.63) is 0 Å². The van der Waals surface area contributed by atoms with Gasteiger partial charge in [-0.3, -0.25) is 0 Å². The summed E-state index contributed by atoms with van der Waals surface area (Å²) in [5.41, 5.74) is 0. The highest BCUT2D eigenvalue weighted by Gasteiger charge is 2.05. The molecule has 0 aliphatic rings. The van der Waals surface area contributed by atoms with E-state index in [2.05, 4.69) is 0 Å². The Morgan fingerprint density at radius 2 is 0.320 bits per heavy atom. The van der Waals surface area contributed by atoms with Crippen molar-refractivity contribution in [2.45, 2.75) is 0 Å². The third-order valence-electron chi connectivity index (χ3n) is 0.732. The summed E-state index contributed by atoms with van der Waals surface area (Å²) in [7, 11) is 0. The summed E-state index contributed by atoms with van der Waals surface area (Å²) in [6, 6.07) is 0. The molecule has 0 aromatic carbocycles. The lowest BCUT2D eigenvalue weighted by Gasteiger charge is -1.72. The second-order valence-electron chi connectivity index (χ2n) is 2.44. The molecule has 25 heavy (non-hydrogen) atoms. The Kier molecular flexibility index (Phi) is 23.6. The zero-order valence-corrected chi connectivity index (χ0v) is 10.8. The molecule has 17 heteroatoms. The van der Waals surface area contributed by atoms with Crippen LogP contribution in [0, 0.1) is 0 Å². The molecule has 0 amide bonds. The topological polar surface area (TPSA) is 298 Å². The second kappa shape index (κ2) is 18.0. The van der Waals surface area contributed by atoms with Crippen molar-refractivity contribution in [2.24, 2.45) is 0 Å². The minimum Gasteiger partial charge on any atom is -0.473 e. The van der Waals surface area contributed by atoms with Crippen LogP contribution in [0.5, 0.6) is 0 Å². The number of carboxylic acids is 8. The zero-order chi connectivity index (χ0) is 20.6. The van der Waals surface area contributed by atoms with Crippen LogP contribution >= 0.6 is 0 Å². The molecule has 0 rings (SSSR count). The first-order valence-corrected chi connectivity index (χ1v) is 4.42. The van der Waals surface area contributed by atoms with Crippen molar-refractivity contribution in [1.29, 1.82) is 0 Å². The first-order chi connectivity index (χ1) is 10.6. The lowest BCUT2D eigenvalue weighted by molar-refractivity contribution is -0.159. The number of hydrogen-bond donors (Lipinski definition) is 8. The van der Waals surface area contributed by atoms with E-state index in [0.717, 1.165) is 0 Å². The smallest absolute Gasteiger partial charge is 0.414 e. The Morgan fingerprint density at radius 3 is 0.320 bits per heavy atom. The van der Waals surface area contributed by atoms with Gasteiger partial charge < -0.3 is 40.9 Å². The Labute approximate surface area is 139 Å². The second-order valence-corrected chi connectivity index (χ2v) is 2.44. The van der Waals surface area contributed by atoms with Crippen LogP contribution in [0.4, 0.5) is 0 Å². The van der Waals surface area contributed by atoms with Crippen LogP contribution in [0.2, 0.25) is 0 Å². The Bertz CT molecular complexity index is 388. The number of carboxylic acid groups (broad SMARTS) is 8. The summed E-state index contributed by atoms with van der Waals surface area (Å²) in [4.78, 5) is 72.8. The number of carbonyl (C=O) groups is 8. The quantitative estimate of drug-likeness (QED) is 0.141. The van der Waals surface area contributed by atoms with E-state index in [1.54, 1.807) is 0 Å². The van der Waals surface area contributed by atoms with Gasteiger partial charge in [-0.25, -0.2) is 38.4 Å². The van der Waals surface area contributed by atoms with Crippen LogP contribution in [0.15, 0.2) is 0 Å². The fourth-order valence-electron chi connectivity index (χ4n) is 0. The van der Waals surface area contributed by atoms with Gasteiger partial charge in [-0.05, 0) is 11.0 Å². The van der Waals surface area contributed by atoms with Crippen LogP contribution < -0.4 is 0 Å². The van der Waals surface area contributed by atoms with Crippen molar-refractivity contribution >= 4 is 58.7 Å². The molecular weight excluding hydrogens is 380 g/mol. The van der Waals surface area contributed by atoms with Crippen LogP contribution in [0.3, 0.4) is 0 Å². The fourth-order valence-corrected chi connectivity index (χ4v) is 0. The summed E-state index contributed by atoms with van der Waals surface area (Å²) >= 11 is 0. The van der Waals surface area contributed by atoms with Gasteiger partial charge in [0.2, 0.25) is 0 Å². The maximum atomic E-state index is 9.10. The predicted octanol–water partition coefficient (Wildman–Crippen LogP) is -4.83. The molecule has 0 saturated carbocycles. The van der Waals surface area contributed by atoms with Gasteiger partial charge >= 0.3 is 47.8 Å². The van der Waals surface area contributed by atoms with E-state index in [-0.39, 0.29) is 11.0 Å². The highest BCUT2D eigenvalue weighted by atomic mass is 28.1. The average Bonchev–Trinajstić information content (AvgIpc) is 2.40. The molecule has 0 aromatic rings. The monoisotopic (exact) mass is 392 g/mol. The minimum absolute atomic E-state index is 0. The molecule has 0 aromatic heterocycles. The zero-order valence-electron chi connectivity index (χ0n) is 10.8. The van der Waals surface area contributed by atoms with Crippen molar-refractivity contribution in [2.75, 3.05) is 0 Å². The summed E-state index contributed by atoms with van der Waals surface area (Å²) in [6.45, 7) is 0. The molecule has 0 fully saturated rings. The molecule has 16 nitrogen and oxygen atoms in total. The maximum absolute atomic E-state index is 9.10. The van der Waals surface area contributed by atoms with E-state index < -0.39 is 47.8 Å². The predicted molar refractivity (Wildman–Crippen MR) is 72.4 cm³/mol. The SMILES string of the molecule is O=C(O)C(=O)O.O=C(O)C(=O)O.O=C(O)C(=O)O.O=C(O)C(=O)O.[SiH4]. The molecule has 0 aliphatic carbocycles. The van der Waals surface area contributed by atoms with E-state index in [4.69, 9.17) is 79.2 Å². The average molecular weight is 392 g/mol. The minimum atomic E-state index is -1.82. The summed E-state index contributed by atoms with van der Waals surface area (Å²) < 4.78 is 0. The Hall–Kier alpha value is -4.02. The molecule has 0 aliphatic heterocycles. The third-order valence-corrected chi connectivity index (χ3v) is 0.732. The van der Waals surface area contributed by atoms with Gasteiger partial charge in [0, 0.05) is 0 Å². The molecule has 0 heterocycles. The fraction of sp³-hybridized carbons (Fsp3) is 0. The van der Waals surface area contributed by atoms with Crippen LogP contribution in [0.25, 0.3) is 0 Å². The van der Waals surface area contributed by atoms with Gasteiger partial charge in [-0.2, -0.15) is 0 Å². The highest BCUT2D eigenvalue weighted by molar-refractivity contribution is 6.28. The van der Waals surface area contributed by atoms with Crippen molar-refractivity contribution in [3.63, 3.8) is 0 Å². The Balaban J connectivity index is -0.0000000702. The molecular formula is C8H12O16Si. The molecule has 0 saturated heterocycles.